The average Bonchev–Trinajstić information content (AvgIpc) is 3.41. The molecule has 1 aliphatic carbocycles. The van der Waals surface area contributed by atoms with Gasteiger partial charge in [0.2, 0.25) is 5.91 Å². The van der Waals surface area contributed by atoms with Crippen LogP contribution in [0.4, 0.5) is 11.5 Å². The van der Waals surface area contributed by atoms with Gasteiger partial charge in [-0.25, -0.2) is 13.4 Å². The summed E-state index contributed by atoms with van der Waals surface area (Å²) in [6, 6.07) is 17.3. The number of nitrogens with zero attached hydrogens (tertiary/aromatic N) is 2. The van der Waals surface area contributed by atoms with Crippen LogP contribution in [0.1, 0.15) is 31.2 Å². The van der Waals surface area contributed by atoms with Crippen LogP contribution in [0.5, 0.6) is 0 Å². The lowest BCUT2D eigenvalue weighted by Crippen LogP contribution is -2.32. The summed E-state index contributed by atoms with van der Waals surface area (Å²) in [4.78, 5) is 20.0. The van der Waals surface area contributed by atoms with Gasteiger partial charge >= 0.3 is 0 Å². The molecule has 1 saturated carbocycles. The number of sulfone groups is 1. The Hall–Kier alpha value is -2.93. The molecule has 1 saturated heterocycles. The second kappa shape index (κ2) is 8.20. The maximum absolute atomic E-state index is 12.4. The standard InChI is InChI=1S/C25H27N3O3S/c1-32(30,31)22-9-3-17(4-10-22)5-13-25(29)26-20-7-11-23-19(15-20)6-12-24(27-23)28-16-18-2-8-21(28)14-18/h3-4,6-7,9-12,15,18,21H,2,5,8,13-14,16H2,1H3,(H,26,29). The predicted molar refractivity (Wildman–Crippen MR) is 127 cm³/mol. The molecule has 0 spiro atoms. The third-order valence-electron chi connectivity index (χ3n) is 6.65. The molecule has 7 heteroatoms. The van der Waals surface area contributed by atoms with Gasteiger partial charge in [-0.05, 0) is 79.6 Å². The largest absolute Gasteiger partial charge is 0.353 e. The number of benzene rings is 2. The van der Waals surface area contributed by atoms with E-state index in [1.54, 1.807) is 24.3 Å². The molecule has 2 aromatic carbocycles. The highest BCUT2D eigenvalue weighted by Gasteiger charge is 2.38. The van der Waals surface area contributed by atoms with Crippen molar-refractivity contribution < 1.29 is 13.2 Å². The Labute approximate surface area is 188 Å². The Bertz CT molecular complexity index is 1270. The Balaban J connectivity index is 1.21. The Morgan fingerprint density at radius 2 is 1.91 bits per heavy atom. The highest BCUT2D eigenvalue weighted by atomic mass is 32.2. The number of carbonyl (C=O) groups is 1. The lowest BCUT2D eigenvalue weighted by Gasteiger charge is -2.28. The third kappa shape index (κ3) is 4.35. The molecule has 166 valence electrons. The molecular weight excluding hydrogens is 422 g/mol. The van der Waals surface area contributed by atoms with Gasteiger partial charge in [-0.1, -0.05) is 12.1 Å². The van der Waals surface area contributed by atoms with Crippen molar-refractivity contribution in [1.29, 1.82) is 0 Å². The van der Waals surface area contributed by atoms with Crippen molar-refractivity contribution in [3.63, 3.8) is 0 Å². The van der Waals surface area contributed by atoms with E-state index in [1.807, 2.05) is 18.2 Å². The van der Waals surface area contributed by atoms with Crippen LogP contribution in [0.3, 0.4) is 0 Å². The lowest BCUT2D eigenvalue weighted by molar-refractivity contribution is -0.116. The molecule has 1 N–H and O–H groups in total. The monoisotopic (exact) mass is 449 g/mol. The number of rotatable bonds is 6. The molecule has 2 bridgehead atoms. The molecule has 1 aromatic heterocycles. The summed E-state index contributed by atoms with van der Waals surface area (Å²) < 4.78 is 23.1. The summed E-state index contributed by atoms with van der Waals surface area (Å²) >= 11 is 0. The second-order valence-corrected chi connectivity index (χ2v) is 11.0. The van der Waals surface area contributed by atoms with Crippen LogP contribution in [-0.4, -0.2) is 38.2 Å². The van der Waals surface area contributed by atoms with Gasteiger partial charge in [0.15, 0.2) is 9.84 Å². The highest BCUT2D eigenvalue weighted by molar-refractivity contribution is 7.90. The fraction of sp³-hybridized carbons (Fsp3) is 0.360. The van der Waals surface area contributed by atoms with E-state index in [0.29, 0.717) is 18.9 Å². The quantitative estimate of drug-likeness (QED) is 0.610. The zero-order valence-corrected chi connectivity index (χ0v) is 18.9. The first-order valence-corrected chi connectivity index (χ1v) is 13.0. The van der Waals surface area contributed by atoms with E-state index in [0.717, 1.165) is 40.4 Å². The first kappa shape index (κ1) is 20.9. The summed E-state index contributed by atoms with van der Waals surface area (Å²) in [5.41, 5.74) is 2.62. The number of hydrogen-bond acceptors (Lipinski definition) is 5. The van der Waals surface area contributed by atoms with Crippen LogP contribution in [0.15, 0.2) is 59.5 Å². The molecule has 1 aliphatic heterocycles. The average molecular weight is 450 g/mol. The topological polar surface area (TPSA) is 79.4 Å². The summed E-state index contributed by atoms with van der Waals surface area (Å²) in [5.74, 6) is 1.81. The van der Waals surface area contributed by atoms with Gasteiger partial charge in [0.05, 0.1) is 10.4 Å². The van der Waals surface area contributed by atoms with Crippen molar-refractivity contribution in [2.45, 2.75) is 43.0 Å². The van der Waals surface area contributed by atoms with E-state index >= 15 is 0 Å². The molecular formula is C25H27N3O3S. The molecule has 5 rings (SSSR count). The fourth-order valence-corrected chi connectivity index (χ4v) is 5.57. The Kier molecular flexibility index (Phi) is 5.37. The first-order chi connectivity index (χ1) is 15.3. The SMILES string of the molecule is CS(=O)(=O)c1ccc(CCC(=O)Nc2ccc3nc(N4CC5CCC4C5)ccc3c2)cc1. The van der Waals surface area contributed by atoms with Gasteiger partial charge in [-0.2, -0.15) is 0 Å². The van der Waals surface area contributed by atoms with E-state index in [2.05, 4.69) is 22.3 Å². The van der Waals surface area contributed by atoms with Gasteiger partial charge in [0, 0.05) is 36.3 Å². The van der Waals surface area contributed by atoms with E-state index < -0.39 is 9.84 Å². The molecule has 6 nitrogen and oxygen atoms in total. The summed E-state index contributed by atoms with van der Waals surface area (Å²) in [6.07, 6.45) is 5.98. The van der Waals surface area contributed by atoms with Gasteiger partial charge in [-0.15, -0.1) is 0 Å². The van der Waals surface area contributed by atoms with Crippen LogP contribution in [0.25, 0.3) is 10.9 Å². The number of aromatic nitrogens is 1. The minimum Gasteiger partial charge on any atom is -0.353 e. The maximum atomic E-state index is 12.4. The maximum Gasteiger partial charge on any atom is 0.224 e. The number of amides is 1. The van der Waals surface area contributed by atoms with Crippen molar-refractivity contribution in [3.8, 4) is 0 Å². The normalized spacial score (nSPS) is 20.1. The number of anilines is 2. The molecule has 2 aliphatic rings. The minimum absolute atomic E-state index is 0.0748. The Morgan fingerprint density at radius 3 is 2.59 bits per heavy atom. The number of carbonyl (C=O) groups excluding carboxylic acids is 1. The molecule has 0 radical (unpaired) electrons. The van der Waals surface area contributed by atoms with E-state index in [-0.39, 0.29) is 10.8 Å². The molecule has 1 amide bonds. The van der Waals surface area contributed by atoms with Crippen molar-refractivity contribution in [3.05, 3.63) is 60.2 Å². The first-order valence-electron chi connectivity index (χ1n) is 11.1. The number of hydrogen-bond donors (Lipinski definition) is 1. The van der Waals surface area contributed by atoms with Crippen molar-refractivity contribution >= 4 is 38.2 Å². The molecule has 32 heavy (non-hydrogen) atoms. The molecule has 2 fully saturated rings. The van der Waals surface area contributed by atoms with Crippen molar-refractivity contribution in [1.82, 2.24) is 4.98 Å². The zero-order valence-electron chi connectivity index (χ0n) is 18.1. The molecule has 2 atom stereocenters. The summed E-state index contributed by atoms with van der Waals surface area (Å²) in [7, 11) is -3.21. The van der Waals surface area contributed by atoms with Gasteiger partial charge in [0.1, 0.15) is 5.82 Å². The molecule has 2 unspecified atom stereocenters. The number of aryl methyl sites for hydroxylation is 1. The predicted octanol–water partition coefficient (Wildman–Crippen LogP) is 4.20. The van der Waals surface area contributed by atoms with E-state index in [4.69, 9.17) is 4.98 Å². The second-order valence-electron chi connectivity index (χ2n) is 9.03. The summed E-state index contributed by atoms with van der Waals surface area (Å²) in [6.45, 7) is 1.12. The highest BCUT2D eigenvalue weighted by Crippen LogP contribution is 2.39. The van der Waals surface area contributed by atoms with Crippen LogP contribution in [0.2, 0.25) is 0 Å². The fourth-order valence-electron chi connectivity index (χ4n) is 4.94. The Morgan fingerprint density at radius 1 is 1.09 bits per heavy atom. The van der Waals surface area contributed by atoms with Crippen molar-refractivity contribution in [2.24, 2.45) is 5.92 Å². The van der Waals surface area contributed by atoms with Gasteiger partial charge < -0.3 is 10.2 Å². The van der Waals surface area contributed by atoms with E-state index in [9.17, 15) is 13.2 Å². The van der Waals surface area contributed by atoms with Gasteiger partial charge in [-0.3, -0.25) is 4.79 Å². The number of pyridine rings is 1. The number of fused-ring (bicyclic) bond motifs is 3. The van der Waals surface area contributed by atoms with E-state index in [1.165, 1.54) is 25.5 Å². The minimum atomic E-state index is -3.21. The molecule has 3 aromatic rings. The number of nitrogens with one attached hydrogen (secondary N) is 1. The van der Waals surface area contributed by atoms with Crippen LogP contribution >= 0.6 is 0 Å². The third-order valence-corrected chi connectivity index (χ3v) is 7.78. The van der Waals surface area contributed by atoms with Crippen LogP contribution < -0.4 is 10.2 Å². The lowest BCUT2D eigenvalue weighted by atomic mass is 10.1. The van der Waals surface area contributed by atoms with Crippen molar-refractivity contribution in [2.75, 3.05) is 23.0 Å². The zero-order chi connectivity index (χ0) is 22.3. The number of piperidine rings is 1. The molecule has 2 heterocycles. The summed E-state index contributed by atoms with van der Waals surface area (Å²) in [5, 5.41) is 3.97. The van der Waals surface area contributed by atoms with Crippen LogP contribution in [-0.2, 0) is 21.1 Å². The van der Waals surface area contributed by atoms with Gasteiger partial charge in [0.25, 0.3) is 0 Å². The van der Waals surface area contributed by atoms with Crippen LogP contribution in [0, 0.1) is 5.92 Å². The smallest absolute Gasteiger partial charge is 0.224 e.